The second-order valence-electron chi connectivity index (χ2n) is 11.7. The summed E-state index contributed by atoms with van der Waals surface area (Å²) in [6, 6.07) is 50.5. The van der Waals surface area contributed by atoms with Crippen LogP contribution in [0.15, 0.2) is 150 Å². The van der Waals surface area contributed by atoms with Gasteiger partial charge in [-0.1, -0.05) is 127 Å². The quantitative estimate of drug-likeness (QED) is 0.205. The van der Waals surface area contributed by atoms with Crippen molar-refractivity contribution in [2.75, 3.05) is 0 Å². The normalized spacial score (nSPS) is 11.6. The van der Waals surface area contributed by atoms with Crippen LogP contribution in [0.4, 0.5) is 0 Å². The van der Waals surface area contributed by atoms with Crippen LogP contribution in [0.5, 0.6) is 0 Å². The third kappa shape index (κ3) is 4.42. The lowest BCUT2D eigenvalue weighted by Crippen LogP contribution is -2.00. The summed E-state index contributed by atoms with van der Waals surface area (Å²) in [5.74, 6) is 1.93. The Kier molecular flexibility index (Phi) is 6.00. The third-order valence-electron chi connectivity index (χ3n) is 8.83. The topological polar surface area (TPSA) is 51.8 Å². The van der Waals surface area contributed by atoms with E-state index in [1.807, 2.05) is 12.1 Å². The van der Waals surface area contributed by atoms with E-state index in [0.717, 1.165) is 66.1 Å². The molecule has 46 heavy (non-hydrogen) atoms. The van der Waals surface area contributed by atoms with E-state index in [9.17, 15) is 0 Å². The van der Waals surface area contributed by atoms with Crippen LogP contribution in [0.25, 0.3) is 88.8 Å². The molecule has 216 valence electrons. The van der Waals surface area contributed by atoms with Crippen molar-refractivity contribution in [2.45, 2.75) is 6.92 Å². The third-order valence-corrected chi connectivity index (χ3v) is 8.83. The van der Waals surface area contributed by atoms with Crippen LogP contribution < -0.4 is 0 Å². The molecule has 0 unspecified atom stereocenters. The summed E-state index contributed by atoms with van der Waals surface area (Å²) in [6.45, 7) is 2.10. The molecule has 0 N–H and O–H groups in total. The molecule has 0 spiro atoms. The van der Waals surface area contributed by atoms with Crippen molar-refractivity contribution >= 4 is 43.5 Å². The van der Waals surface area contributed by atoms with E-state index in [0.29, 0.717) is 17.5 Å². The molecule has 4 nitrogen and oxygen atoms in total. The van der Waals surface area contributed by atoms with Gasteiger partial charge in [0.25, 0.3) is 0 Å². The van der Waals surface area contributed by atoms with Crippen molar-refractivity contribution in [1.29, 1.82) is 0 Å². The van der Waals surface area contributed by atoms with Crippen LogP contribution >= 0.6 is 0 Å². The van der Waals surface area contributed by atoms with Crippen LogP contribution in [0.2, 0.25) is 0 Å². The highest BCUT2D eigenvalue weighted by Crippen LogP contribution is 2.39. The van der Waals surface area contributed by atoms with E-state index in [-0.39, 0.29) is 0 Å². The Hall–Kier alpha value is -6.13. The highest BCUT2D eigenvalue weighted by atomic mass is 16.3. The molecule has 0 saturated carbocycles. The molecule has 9 rings (SSSR count). The lowest BCUT2D eigenvalue weighted by molar-refractivity contribution is 0.666. The number of benzene rings is 7. The summed E-state index contributed by atoms with van der Waals surface area (Å²) in [6.07, 6.45) is 0. The number of hydrogen-bond donors (Lipinski definition) is 0. The molecule has 2 aromatic heterocycles. The minimum atomic E-state index is 0.635. The Labute approximate surface area is 265 Å². The molecule has 7 aromatic carbocycles. The first-order valence-electron chi connectivity index (χ1n) is 15.4. The molecule has 0 saturated heterocycles. The second kappa shape index (κ2) is 10.5. The molecule has 2 heterocycles. The van der Waals surface area contributed by atoms with Gasteiger partial charge in [0.2, 0.25) is 0 Å². The van der Waals surface area contributed by atoms with Crippen molar-refractivity contribution in [3.63, 3.8) is 0 Å². The second-order valence-corrected chi connectivity index (χ2v) is 11.7. The standard InChI is InChI=1S/C42H27N3O/c1-26-14-23-35(38-36-12-6-7-13-37(36)46-39(26)38)29-17-19-30(20-18-29)40-43-41(33-21-15-27-8-2-4-10-31(27)24-33)45-42(44-40)34-22-16-28-9-3-5-11-32(28)25-34/h2-25H,1H3. The summed E-state index contributed by atoms with van der Waals surface area (Å²) in [7, 11) is 0. The molecule has 0 atom stereocenters. The summed E-state index contributed by atoms with van der Waals surface area (Å²) >= 11 is 0. The number of aromatic nitrogens is 3. The predicted molar refractivity (Wildman–Crippen MR) is 189 cm³/mol. The monoisotopic (exact) mass is 589 g/mol. The number of aryl methyl sites for hydroxylation is 1. The van der Waals surface area contributed by atoms with Gasteiger partial charge in [-0.05, 0) is 63.4 Å². The molecule has 0 aliphatic heterocycles. The summed E-state index contributed by atoms with van der Waals surface area (Å²) in [5, 5.41) is 6.92. The zero-order valence-electron chi connectivity index (χ0n) is 25.1. The maximum atomic E-state index is 6.28. The van der Waals surface area contributed by atoms with Gasteiger partial charge in [0.15, 0.2) is 17.5 Å². The smallest absolute Gasteiger partial charge is 0.164 e. The van der Waals surface area contributed by atoms with E-state index in [1.165, 1.54) is 10.8 Å². The van der Waals surface area contributed by atoms with E-state index in [4.69, 9.17) is 19.4 Å². The molecular weight excluding hydrogens is 562 g/mol. The molecular formula is C42H27N3O. The van der Waals surface area contributed by atoms with Gasteiger partial charge in [-0.3, -0.25) is 0 Å². The van der Waals surface area contributed by atoms with Crippen LogP contribution in [0.3, 0.4) is 0 Å². The Morgan fingerprint density at radius 2 is 0.935 bits per heavy atom. The van der Waals surface area contributed by atoms with Crippen LogP contribution in [-0.4, -0.2) is 15.0 Å². The fourth-order valence-corrected chi connectivity index (χ4v) is 6.42. The first-order valence-corrected chi connectivity index (χ1v) is 15.4. The van der Waals surface area contributed by atoms with Gasteiger partial charge in [-0.15, -0.1) is 0 Å². The van der Waals surface area contributed by atoms with Gasteiger partial charge >= 0.3 is 0 Å². The number of furan rings is 1. The van der Waals surface area contributed by atoms with E-state index in [1.54, 1.807) is 0 Å². The number of rotatable bonds is 4. The van der Waals surface area contributed by atoms with E-state index >= 15 is 0 Å². The average molecular weight is 590 g/mol. The molecule has 4 heteroatoms. The van der Waals surface area contributed by atoms with E-state index < -0.39 is 0 Å². The van der Waals surface area contributed by atoms with E-state index in [2.05, 4.69) is 140 Å². The Morgan fingerprint density at radius 1 is 0.435 bits per heavy atom. The van der Waals surface area contributed by atoms with Gasteiger partial charge in [0.05, 0.1) is 0 Å². The lowest BCUT2D eigenvalue weighted by Gasteiger charge is -2.11. The van der Waals surface area contributed by atoms with Crippen molar-refractivity contribution < 1.29 is 4.42 Å². The van der Waals surface area contributed by atoms with Crippen molar-refractivity contribution in [3.8, 4) is 45.3 Å². The summed E-state index contributed by atoms with van der Waals surface area (Å²) < 4.78 is 6.28. The lowest BCUT2D eigenvalue weighted by atomic mass is 9.97. The number of hydrogen-bond acceptors (Lipinski definition) is 4. The number of nitrogens with zero attached hydrogens (tertiary/aromatic N) is 3. The maximum absolute atomic E-state index is 6.28. The fraction of sp³-hybridized carbons (Fsp3) is 0.0238. The zero-order valence-corrected chi connectivity index (χ0v) is 25.1. The highest BCUT2D eigenvalue weighted by molar-refractivity contribution is 6.13. The molecule has 0 amide bonds. The van der Waals surface area contributed by atoms with Crippen LogP contribution in [-0.2, 0) is 0 Å². The Morgan fingerprint density at radius 3 is 1.57 bits per heavy atom. The Balaban J connectivity index is 1.19. The molecule has 0 aliphatic rings. The van der Waals surface area contributed by atoms with Crippen LogP contribution in [0, 0.1) is 6.92 Å². The van der Waals surface area contributed by atoms with Gasteiger partial charge in [-0.2, -0.15) is 0 Å². The van der Waals surface area contributed by atoms with Crippen LogP contribution in [0.1, 0.15) is 5.56 Å². The number of para-hydroxylation sites is 1. The SMILES string of the molecule is Cc1ccc(-c2ccc(-c3nc(-c4ccc5ccccc5c4)nc(-c4ccc5ccccc5c4)n3)cc2)c2c1oc1ccccc12. The first-order chi connectivity index (χ1) is 22.7. The Bertz CT molecular complexity index is 2500. The van der Waals surface area contributed by atoms with Gasteiger partial charge in [-0.25, -0.2) is 15.0 Å². The largest absolute Gasteiger partial charge is 0.456 e. The van der Waals surface area contributed by atoms with Crippen molar-refractivity contribution in [1.82, 2.24) is 15.0 Å². The predicted octanol–water partition coefficient (Wildman–Crippen LogP) is 11.1. The average Bonchev–Trinajstić information content (AvgIpc) is 3.52. The molecule has 0 aliphatic carbocycles. The maximum Gasteiger partial charge on any atom is 0.164 e. The van der Waals surface area contributed by atoms with Gasteiger partial charge in [0, 0.05) is 27.5 Å². The molecule has 0 radical (unpaired) electrons. The van der Waals surface area contributed by atoms with Crippen molar-refractivity contribution in [3.05, 3.63) is 151 Å². The summed E-state index contributed by atoms with van der Waals surface area (Å²) in [5.41, 5.74) is 8.04. The number of fused-ring (bicyclic) bond motifs is 5. The molecule has 9 aromatic rings. The fourth-order valence-electron chi connectivity index (χ4n) is 6.42. The highest BCUT2D eigenvalue weighted by Gasteiger charge is 2.16. The minimum Gasteiger partial charge on any atom is -0.456 e. The first kappa shape index (κ1) is 26.3. The zero-order chi connectivity index (χ0) is 30.6. The van der Waals surface area contributed by atoms with Crippen molar-refractivity contribution in [2.24, 2.45) is 0 Å². The van der Waals surface area contributed by atoms with Gasteiger partial charge < -0.3 is 4.42 Å². The molecule has 0 fully saturated rings. The summed E-state index contributed by atoms with van der Waals surface area (Å²) in [4.78, 5) is 15.1. The molecule has 0 bridgehead atoms. The van der Waals surface area contributed by atoms with Gasteiger partial charge in [0.1, 0.15) is 11.2 Å². The minimum absolute atomic E-state index is 0.635.